The molecule has 1 heterocycles. The van der Waals surface area contributed by atoms with Crippen molar-refractivity contribution in [3.05, 3.63) is 42.4 Å². The predicted molar refractivity (Wildman–Crippen MR) is 57.1 cm³/mol. The summed E-state index contributed by atoms with van der Waals surface area (Å²) < 4.78 is 9.56. The number of furan rings is 1. The number of hydrogen-bond donors (Lipinski definition) is 1. The van der Waals surface area contributed by atoms with Crippen LogP contribution < -0.4 is 0 Å². The van der Waals surface area contributed by atoms with Gasteiger partial charge in [0.15, 0.2) is 0 Å². The first-order valence-electron chi connectivity index (χ1n) is 4.67. The van der Waals surface area contributed by atoms with E-state index in [1.807, 2.05) is 0 Å². The number of aromatic hydroxyl groups is 1. The van der Waals surface area contributed by atoms with Gasteiger partial charge in [-0.15, -0.1) is 0 Å². The fraction of sp³-hybridized carbons (Fsp3) is 0.0833. The highest BCUT2D eigenvalue weighted by Gasteiger charge is 2.13. The van der Waals surface area contributed by atoms with Crippen LogP contribution in [0.1, 0.15) is 10.6 Å². The Balaban J connectivity index is 2.39. The fourth-order valence-corrected chi connectivity index (χ4v) is 1.40. The summed E-state index contributed by atoms with van der Waals surface area (Å²) in [6.45, 7) is 0. The minimum absolute atomic E-state index is 0.112. The maximum Gasteiger partial charge on any atom is 0.373 e. The lowest BCUT2D eigenvalue weighted by atomic mass is 10.1. The third-order valence-electron chi connectivity index (χ3n) is 2.20. The molecule has 0 amide bonds. The molecule has 0 fully saturated rings. The zero-order valence-electron chi connectivity index (χ0n) is 8.64. The van der Waals surface area contributed by atoms with Crippen LogP contribution in [0, 0.1) is 0 Å². The smallest absolute Gasteiger partial charge is 0.373 e. The van der Waals surface area contributed by atoms with Crippen molar-refractivity contribution >= 4 is 5.97 Å². The second-order valence-corrected chi connectivity index (χ2v) is 3.21. The highest BCUT2D eigenvalue weighted by Crippen LogP contribution is 2.30. The van der Waals surface area contributed by atoms with E-state index >= 15 is 0 Å². The van der Waals surface area contributed by atoms with Crippen LogP contribution in [0.2, 0.25) is 0 Å². The van der Waals surface area contributed by atoms with Gasteiger partial charge < -0.3 is 14.3 Å². The molecule has 82 valence electrons. The zero-order valence-corrected chi connectivity index (χ0v) is 8.64. The van der Waals surface area contributed by atoms with E-state index in [0.717, 1.165) is 0 Å². The summed E-state index contributed by atoms with van der Waals surface area (Å²) in [4.78, 5) is 11.2. The number of phenols is 1. The Morgan fingerprint density at radius 3 is 2.81 bits per heavy atom. The molecule has 0 saturated carbocycles. The minimum Gasteiger partial charge on any atom is -0.507 e. The van der Waals surface area contributed by atoms with Crippen molar-refractivity contribution in [2.45, 2.75) is 0 Å². The molecule has 0 spiro atoms. The summed E-state index contributed by atoms with van der Waals surface area (Å²) in [5.41, 5.74) is 1.25. The molecule has 2 aromatic rings. The Bertz CT molecular complexity index is 513. The Hall–Kier alpha value is -2.23. The van der Waals surface area contributed by atoms with E-state index < -0.39 is 5.97 Å². The first kappa shape index (κ1) is 10.3. The van der Waals surface area contributed by atoms with E-state index in [2.05, 4.69) is 4.74 Å². The summed E-state index contributed by atoms with van der Waals surface area (Å²) >= 11 is 0. The second kappa shape index (κ2) is 4.10. The molecule has 0 aliphatic rings. The van der Waals surface area contributed by atoms with Crippen molar-refractivity contribution < 1.29 is 19.1 Å². The van der Waals surface area contributed by atoms with Crippen molar-refractivity contribution in [2.24, 2.45) is 0 Å². The lowest BCUT2D eigenvalue weighted by Gasteiger charge is -1.98. The van der Waals surface area contributed by atoms with Gasteiger partial charge >= 0.3 is 5.97 Å². The maximum atomic E-state index is 11.2. The zero-order chi connectivity index (χ0) is 11.5. The highest BCUT2D eigenvalue weighted by molar-refractivity contribution is 5.88. The number of ether oxygens (including phenoxy) is 1. The number of carbonyl (C=O) groups is 1. The van der Waals surface area contributed by atoms with Crippen molar-refractivity contribution in [3.63, 3.8) is 0 Å². The van der Waals surface area contributed by atoms with Crippen LogP contribution in [0.4, 0.5) is 0 Å². The molecular weight excluding hydrogens is 208 g/mol. The molecule has 0 aliphatic heterocycles. The van der Waals surface area contributed by atoms with Crippen molar-refractivity contribution in [1.82, 2.24) is 0 Å². The van der Waals surface area contributed by atoms with Gasteiger partial charge in [-0.3, -0.25) is 0 Å². The summed E-state index contributed by atoms with van der Waals surface area (Å²) in [6.07, 6.45) is 1.40. The standard InChI is InChI=1S/C12H10O4/c1-15-12(14)11-6-8(7-16-11)9-4-2-3-5-10(9)13/h2-7,13H,1H3. The number of phenolic OH excluding ortho intramolecular Hbond substituents is 1. The molecule has 0 saturated heterocycles. The Morgan fingerprint density at radius 2 is 2.12 bits per heavy atom. The Kier molecular flexibility index (Phi) is 2.64. The largest absolute Gasteiger partial charge is 0.507 e. The van der Waals surface area contributed by atoms with E-state index in [-0.39, 0.29) is 11.5 Å². The Morgan fingerprint density at radius 1 is 1.38 bits per heavy atom. The molecule has 16 heavy (non-hydrogen) atoms. The average molecular weight is 218 g/mol. The Labute approximate surface area is 92.1 Å². The van der Waals surface area contributed by atoms with E-state index in [0.29, 0.717) is 11.1 Å². The molecule has 0 aliphatic carbocycles. The third kappa shape index (κ3) is 1.77. The van der Waals surface area contributed by atoms with Gasteiger partial charge in [-0.2, -0.15) is 0 Å². The highest BCUT2D eigenvalue weighted by atomic mass is 16.5. The van der Waals surface area contributed by atoms with Gasteiger partial charge in [-0.1, -0.05) is 18.2 Å². The number of rotatable bonds is 2. The summed E-state index contributed by atoms with van der Waals surface area (Å²) in [6, 6.07) is 8.35. The van der Waals surface area contributed by atoms with E-state index in [9.17, 15) is 9.90 Å². The minimum atomic E-state index is -0.540. The lowest BCUT2D eigenvalue weighted by molar-refractivity contribution is 0.0565. The number of hydrogen-bond acceptors (Lipinski definition) is 4. The molecule has 0 bridgehead atoms. The molecule has 0 atom stereocenters. The average Bonchev–Trinajstić information content (AvgIpc) is 2.78. The second-order valence-electron chi connectivity index (χ2n) is 3.21. The lowest BCUT2D eigenvalue weighted by Crippen LogP contribution is -1.98. The van der Waals surface area contributed by atoms with E-state index in [4.69, 9.17) is 4.42 Å². The first-order valence-corrected chi connectivity index (χ1v) is 4.67. The molecule has 0 radical (unpaired) electrons. The number of methoxy groups -OCH3 is 1. The molecule has 0 unspecified atom stereocenters. The molecule has 4 heteroatoms. The molecular formula is C12H10O4. The number of carbonyl (C=O) groups excluding carboxylic acids is 1. The van der Waals surface area contributed by atoms with Gasteiger partial charge in [0.1, 0.15) is 5.75 Å². The van der Waals surface area contributed by atoms with E-state index in [1.54, 1.807) is 24.3 Å². The van der Waals surface area contributed by atoms with Crippen molar-refractivity contribution in [1.29, 1.82) is 0 Å². The molecule has 1 aromatic heterocycles. The SMILES string of the molecule is COC(=O)c1cc(-c2ccccc2O)co1. The summed E-state index contributed by atoms with van der Waals surface area (Å²) in [5, 5.41) is 9.61. The number of esters is 1. The van der Waals surface area contributed by atoms with E-state index in [1.165, 1.54) is 19.4 Å². The molecule has 2 rings (SSSR count). The van der Waals surface area contributed by atoms with Crippen molar-refractivity contribution in [2.75, 3.05) is 7.11 Å². The van der Waals surface area contributed by atoms with Crippen LogP contribution >= 0.6 is 0 Å². The van der Waals surface area contributed by atoms with Crippen LogP contribution in [0.3, 0.4) is 0 Å². The van der Waals surface area contributed by atoms with Crippen LogP contribution in [0.5, 0.6) is 5.75 Å². The van der Waals surface area contributed by atoms with Crippen LogP contribution in [-0.4, -0.2) is 18.2 Å². The quantitative estimate of drug-likeness (QED) is 0.786. The maximum absolute atomic E-state index is 11.2. The van der Waals surface area contributed by atoms with Gasteiger partial charge in [-0.25, -0.2) is 4.79 Å². The monoisotopic (exact) mass is 218 g/mol. The van der Waals surface area contributed by atoms with Gasteiger partial charge in [0.05, 0.1) is 13.4 Å². The number of benzene rings is 1. The van der Waals surface area contributed by atoms with Gasteiger partial charge in [0, 0.05) is 11.1 Å². The van der Waals surface area contributed by atoms with Crippen LogP contribution in [0.25, 0.3) is 11.1 Å². The third-order valence-corrected chi connectivity index (χ3v) is 2.20. The topological polar surface area (TPSA) is 59.7 Å². The predicted octanol–water partition coefficient (Wildman–Crippen LogP) is 2.44. The van der Waals surface area contributed by atoms with Gasteiger partial charge in [0.25, 0.3) is 0 Å². The summed E-state index contributed by atoms with van der Waals surface area (Å²) in [5.74, 6) is -0.290. The van der Waals surface area contributed by atoms with Gasteiger partial charge in [0.2, 0.25) is 5.76 Å². The molecule has 1 aromatic carbocycles. The van der Waals surface area contributed by atoms with Crippen LogP contribution in [0.15, 0.2) is 41.0 Å². The fourth-order valence-electron chi connectivity index (χ4n) is 1.40. The number of para-hydroxylation sites is 1. The normalized spacial score (nSPS) is 10.1. The molecule has 4 nitrogen and oxygen atoms in total. The van der Waals surface area contributed by atoms with Crippen molar-refractivity contribution in [3.8, 4) is 16.9 Å². The van der Waals surface area contributed by atoms with Gasteiger partial charge in [-0.05, 0) is 12.1 Å². The molecule has 1 N–H and O–H groups in total. The summed E-state index contributed by atoms with van der Waals surface area (Å²) in [7, 11) is 1.28. The van der Waals surface area contributed by atoms with Crippen LogP contribution in [-0.2, 0) is 4.74 Å². The first-order chi connectivity index (χ1) is 7.72.